The lowest BCUT2D eigenvalue weighted by atomic mass is 10.1. The lowest BCUT2D eigenvalue weighted by molar-refractivity contribution is -0.117. The van der Waals surface area contributed by atoms with Gasteiger partial charge in [0.2, 0.25) is 11.9 Å². The van der Waals surface area contributed by atoms with Crippen LogP contribution in [0.15, 0.2) is 23.4 Å². The molecule has 2 saturated heterocycles. The molecule has 5 heterocycles. The van der Waals surface area contributed by atoms with Gasteiger partial charge in [-0.25, -0.2) is 0 Å². The molecule has 0 aliphatic carbocycles. The standard InChI is InChI=1S/C16H18N8O2/c1-21-14-12(6-17-21)15(26)20-16(19-14)22-7-11(8-22)24-9-10(5-18-24)23-4-2-3-13(23)25/h5-6,9,11H,2-4,7-8H2,1H3,(H,19,20,26). The Labute approximate surface area is 148 Å². The van der Waals surface area contributed by atoms with Crippen molar-refractivity contribution in [2.75, 3.05) is 29.4 Å². The first-order valence-electron chi connectivity index (χ1n) is 8.61. The van der Waals surface area contributed by atoms with Gasteiger partial charge in [-0.15, -0.1) is 0 Å². The van der Waals surface area contributed by atoms with E-state index in [1.807, 2.05) is 15.8 Å². The van der Waals surface area contributed by atoms with Gasteiger partial charge in [0.15, 0.2) is 5.65 Å². The number of nitrogens with one attached hydrogen (secondary N) is 1. The largest absolute Gasteiger partial charge is 0.338 e. The van der Waals surface area contributed by atoms with Gasteiger partial charge in [-0.3, -0.25) is 23.9 Å². The molecular weight excluding hydrogens is 336 g/mol. The summed E-state index contributed by atoms with van der Waals surface area (Å²) in [6.07, 6.45) is 6.70. The second kappa shape index (κ2) is 5.41. The second-order valence-corrected chi connectivity index (χ2v) is 6.78. The van der Waals surface area contributed by atoms with Gasteiger partial charge >= 0.3 is 0 Å². The van der Waals surface area contributed by atoms with Crippen LogP contribution in [0.2, 0.25) is 0 Å². The molecule has 10 nitrogen and oxygen atoms in total. The monoisotopic (exact) mass is 354 g/mol. The summed E-state index contributed by atoms with van der Waals surface area (Å²) in [6.45, 7) is 2.15. The Morgan fingerprint density at radius 1 is 1.19 bits per heavy atom. The van der Waals surface area contributed by atoms with Crippen LogP contribution in [0.4, 0.5) is 11.6 Å². The topological polar surface area (TPSA) is 105 Å². The third-order valence-corrected chi connectivity index (χ3v) is 5.10. The van der Waals surface area contributed by atoms with Gasteiger partial charge in [0.1, 0.15) is 5.39 Å². The van der Waals surface area contributed by atoms with Crippen LogP contribution in [0.25, 0.3) is 11.0 Å². The first-order valence-corrected chi connectivity index (χ1v) is 8.61. The van der Waals surface area contributed by atoms with Gasteiger partial charge < -0.3 is 9.80 Å². The number of carbonyl (C=O) groups excluding carboxylic acids is 1. The van der Waals surface area contributed by atoms with E-state index >= 15 is 0 Å². The number of amides is 1. The number of hydrogen-bond donors (Lipinski definition) is 1. The molecule has 2 fully saturated rings. The molecule has 0 saturated carbocycles. The Bertz CT molecular complexity index is 1060. The Morgan fingerprint density at radius 2 is 2.04 bits per heavy atom. The van der Waals surface area contributed by atoms with Crippen molar-refractivity contribution in [3.63, 3.8) is 0 Å². The van der Waals surface area contributed by atoms with Gasteiger partial charge in [0.25, 0.3) is 5.56 Å². The minimum absolute atomic E-state index is 0.158. The number of nitrogens with zero attached hydrogens (tertiary/aromatic N) is 7. The van der Waals surface area contributed by atoms with Gasteiger partial charge in [-0.2, -0.15) is 15.2 Å². The van der Waals surface area contributed by atoms with E-state index in [-0.39, 0.29) is 17.5 Å². The number of carbonyl (C=O) groups is 1. The average molecular weight is 354 g/mol. The Kier molecular flexibility index (Phi) is 3.15. The molecule has 134 valence electrons. The zero-order valence-corrected chi connectivity index (χ0v) is 14.3. The van der Waals surface area contributed by atoms with Crippen molar-refractivity contribution in [3.05, 3.63) is 28.9 Å². The van der Waals surface area contributed by atoms with Gasteiger partial charge in [0.05, 0.1) is 24.1 Å². The van der Waals surface area contributed by atoms with Crippen LogP contribution in [0.1, 0.15) is 18.9 Å². The molecule has 0 unspecified atom stereocenters. The molecule has 10 heteroatoms. The maximum atomic E-state index is 12.2. The molecule has 0 bridgehead atoms. The molecule has 0 radical (unpaired) electrons. The lowest BCUT2D eigenvalue weighted by Crippen LogP contribution is -2.49. The average Bonchev–Trinajstić information content (AvgIpc) is 3.28. The van der Waals surface area contributed by atoms with Crippen molar-refractivity contribution in [2.24, 2.45) is 7.05 Å². The van der Waals surface area contributed by atoms with Crippen LogP contribution in [0.3, 0.4) is 0 Å². The number of fused-ring (bicyclic) bond motifs is 1. The van der Waals surface area contributed by atoms with E-state index in [1.165, 1.54) is 6.20 Å². The number of aromatic nitrogens is 6. The van der Waals surface area contributed by atoms with Crippen molar-refractivity contribution in [3.8, 4) is 0 Å². The molecular formula is C16H18N8O2. The lowest BCUT2D eigenvalue weighted by Gasteiger charge is -2.39. The summed E-state index contributed by atoms with van der Waals surface area (Å²) in [6, 6.07) is 0.189. The van der Waals surface area contributed by atoms with Gasteiger partial charge in [-0.1, -0.05) is 0 Å². The first-order chi connectivity index (χ1) is 12.6. The quantitative estimate of drug-likeness (QED) is 0.712. The maximum absolute atomic E-state index is 12.2. The number of H-pyrrole nitrogens is 1. The van der Waals surface area contributed by atoms with E-state index in [1.54, 1.807) is 22.8 Å². The summed E-state index contributed by atoms with van der Waals surface area (Å²) in [4.78, 5) is 35.1. The summed E-state index contributed by atoms with van der Waals surface area (Å²) < 4.78 is 3.48. The van der Waals surface area contributed by atoms with E-state index in [2.05, 4.69) is 20.2 Å². The van der Waals surface area contributed by atoms with E-state index in [0.29, 0.717) is 36.5 Å². The van der Waals surface area contributed by atoms with E-state index in [4.69, 9.17) is 0 Å². The fourth-order valence-electron chi connectivity index (χ4n) is 3.55. The van der Waals surface area contributed by atoms with Gasteiger partial charge in [0, 0.05) is 39.3 Å². The van der Waals surface area contributed by atoms with Crippen LogP contribution >= 0.6 is 0 Å². The van der Waals surface area contributed by atoms with Crippen molar-refractivity contribution < 1.29 is 4.79 Å². The van der Waals surface area contributed by atoms with Crippen molar-refractivity contribution in [2.45, 2.75) is 18.9 Å². The summed E-state index contributed by atoms with van der Waals surface area (Å²) in [5.41, 5.74) is 1.24. The predicted octanol–water partition coefficient (Wildman–Crippen LogP) is 0.0412. The zero-order chi connectivity index (χ0) is 17.8. The third kappa shape index (κ3) is 2.21. The maximum Gasteiger partial charge on any atom is 0.263 e. The Morgan fingerprint density at radius 3 is 2.81 bits per heavy atom. The molecule has 5 rings (SSSR count). The summed E-state index contributed by atoms with van der Waals surface area (Å²) in [5, 5.41) is 8.97. The number of hydrogen-bond acceptors (Lipinski definition) is 6. The summed E-state index contributed by atoms with van der Waals surface area (Å²) in [7, 11) is 1.77. The second-order valence-electron chi connectivity index (χ2n) is 6.78. The highest BCUT2D eigenvalue weighted by Crippen LogP contribution is 2.27. The molecule has 1 amide bonds. The number of aromatic amines is 1. The molecule has 0 spiro atoms. The summed E-state index contributed by atoms with van der Waals surface area (Å²) >= 11 is 0. The molecule has 1 N–H and O–H groups in total. The fraction of sp³-hybridized carbons (Fsp3) is 0.438. The highest BCUT2D eigenvalue weighted by atomic mass is 16.2. The smallest absolute Gasteiger partial charge is 0.263 e. The van der Waals surface area contributed by atoms with E-state index in [9.17, 15) is 9.59 Å². The number of rotatable bonds is 3. The highest BCUT2D eigenvalue weighted by Gasteiger charge is 2.32. The van der Waals surface area contributed by atoms with Crippen LogP contribution < -0.4 is 15.4 Å². The van der Waals surface area contributed by atoms with Crippen molar-refractivity contribution in [1.82, 2.24) is 29.5 Å². The van der Waals surface area contributed by atoms with Crippen molar-refractivity contribution >= 4 is 28.6 Å². The van der Waals surface area contributed by atoms with Crippen molar-refractivity contribution in [1.29, 1.82) is 0 Å². The SMILES string of the molecule is Cn1ncc2c(=O)[nH]c(N3CC(n4cc(N5CCCC5=O)cn4)C3)nc21. The first kappa shape index (κ1) is 15.1. The van der Waals surface area contributed by atoms with E-state index in [0.717, 1.165) is 18.7 Å². The number of aryl methyl sites for hydroxylation is 1. The Hall–Kier alpha value is -3.17. The van der Waals surface area contributed by atoms with Crippen LogP contribution in [-0.2, 0) is 11.8 Å². The van der Waals surface area contributed by atoms with Crippen LogP contribution in [0, 0.1) is 0 Å². The third-order valence-electron chi connectivity index (χ3n) is 5.10. The minimum atomic E-state index is -0.185. The predicted molar refractivity (Wildman–Crippen MR) is 94.2 cm³/mol. The molecule has 0 aromatic carbocycles. The minimum Gasteiger partial charge on any atom is -0.338 e. The molecule has 0 atom stereocenters. The highest BCUT2D eigenvalue weighted by molar-refractivity contribution is 5.95. The van der Waals surface area contributed by atoms with Crippen LogP contribution in [-0.4, -0.2) is 55.1 Å². The zero-order valence-electron chi connectivity index (χ0n) is 14.3. The van der Waals surface area contributed by atoms with Gasteiger partial charge in [-0.05, 0) is 6.42 Å². The number of anilines is 2. The summed E-state index contributed by atoms with van der Waals surface area (Å²) in [5.74, 6) is 0.704. The van der Waals surface area contributed by atoms with E-state index < -0.39 is 0 Å². The molecule has 2 aliphatic rings. The molecule has 3 aromatic heterocycles. The molecule has 3 aromatic rings. The normalized spacial score (nSPS) is 18.1. The molecule has 26 heavy (non-hydrogen) atoms. The Balaban J connectivity index is 1.33. The fourth-order valence-corrected chi connectivity index (χ4v) is 3.55. The van der Waals surface area contributed by atoms with Crippen LogP contribution in [0.5, 0.6) is 0 Å². The molecule has 2 aliphatic heterocycles.